The highest BCUT2D eigenvalue weighted by Gasteiger charge is 2.27. The van der Waals surface area contributed by atoms with Gasteiger partial charge in [0.05, 0.1) is 46.2 Å². The van der Waals surface area contributed by atoms with E-state index in [1.807, 2.05) is 57.2 Å². The average Bonchev–Trinajstić information content (AvgIpc) is 3.29. The number of carbonyl (C=O) groups is 4. The largest absolute Gasteiger partial charge is 0.379 e. The molecule has 12 heteroatoms. The molecule has 2 rings (SSSR count). The molecule has 0 bridgehead atoms. The number of nitrogens with one attached hydrogen (secondary N) is 4. The van der Waals surface area contributed by atoms with Gasteiger partial charge in [0.15, 0.2) is 0 Å². The van der Waals surface area contributed by atoms with Crippen LogP contribution in [-0.4, -0.2) is 102 Å². The van der Waals surface area contributed by atoms with Crippen molar-refractivity contribution in [1.29, 1.82) is 0 Å². The van der Waals surface area contributed by atoms with Crippen molar-refractivity contribution in [3.63, 3.8) is 0 Å². The van der Waals surface area contributed by atoms with E-state index in [1.165, 1.54) is 54.1 Å². The summed E-state index contributed by atoms with van der Waals surface area (Å²) in [7, 11) is 0. The summed E-state index contributed by atoms with van der Waals surface area (Å²) in [6.45, 7) is 27.8. The third-order valence-electron chi connectivity index (χ3n) is 12.7. The van der Waals surface area contributed by atoms with Crippen LogP contribution in [0.5, 0.6) is 0 Å². The second-order valence-corrected chi connectivity index (χ2v) is 20.1. The fourth-order valence-electron chi connectivity index (χ4n) is 8.56. The van der Waals surface area contributed by atoms with Crippen LogP contribution in [0.25, 0.3) is 0 Å². The van der Waals surface area contributed by atoms with Gasteiger partial charge in [0, 0.05) is 44.8 Å². The van der Waals surface area contributed by atoms with Gasteiger partial charge in [-0.1, -0.05) is 111 Å². The molecule has 4 N–H and O–H groups in total. The first-order valence-electron chi connectivity index (χ1n) is 26.1. The molecule has 0 heterocycles. The highest BCUT2D eigenvalue weighted by molar-refractivity contribution is 5.93. The number of allylic oxidation sites excluding steroid dienone is 18. The molecule has 0 aromatic carbocycles. The minimum absolute atomic E-state index is 0.105. The van der Waals surface area contributed by atoms with Gasteiger partial charge in [-0.15, -0.1) is 0 Å². The standard InChI is InChI=1S/C59H92N4O8/c1-12-68-39-40-69-36-30-54(64)61-34-37-70-41-42-71-38-35-62-57(67)53(63-56(66)44-48(5)22-16-20-46(3)27-29-52-50(7)24-18-32-59(52,10)11)25-13-14-33-60-55(65)43-47(4)21-15-19-45(2)26-28-51-49(6)23-17-31-58(51,8)9/h15-16,19-22,26-29,43-44,53H,12-14,17-18,23-25,30-42H2,1-11H3,(H,60,65)(H,61,64)(H,62,67)(H,63,66)/b21-15+,22-16+,28-26+,29-27+,45-19+,46-20+,47-43+,48-44+/t53-/m1/s1. The van der Waals surface area contributed by atoms with Crippen LogP contribution in [0, 0.1) is 10.8 Å². The smallest absolute Gasteiger partial charge is 0.244 e. The Balaban J connectivity index is 1.89. The van der Waals surface area contributed by atoms with Crippen LogP contribution in [0.1, 0.15) is 140 Å². The normalized spacial score (nSPS) is 17.5. The fraction of sp³-hybridized carbons (Fsp3) is 0.593. The molecule has 0 aliphatic heterocycles. The quantitative estimate of drug-likeness (QED) is 0.0288. The number of hydrogen-bond donors (Lipinski definition) is 4. The van der Waals surface area contributed by atoms with Crippen molar-refractivity contribution in [2.24, 2.45) is 10.8 Å². The minimum atomic E-state index is -0.783. The van der Waals surface area contributed by atoms with Crippen LogP contribution in [0.15, 0.2) is 117 Å². The Labute approximate surface area is 428 Å². The molecule has 4 amide bonds. The van der Waals surface area contributed by atoms with E-state index in [2.05, 4.69) is 101 Å². The molecule has 0 aromatic rings. The van der Waals surface area contributed by atoms with Crippen LogP contribution in [0.3, 0.4) is 0 Å². The zero-order chi connectivity index (χ0) is 52.5. The number of amides is 4. The maximum Gasteiger partial charge on any atom is 0.244 e. The molecule has 396 valence electrons. The monoisotopic (exact) mass is 985 g/mol. The lowest BCUT2D eigenvalue weighted by Crippen LogP contribution is -2.47. The summed E-state index contributed by atoms with van der Waals surface area (Å²) in [5, 5.41) is 11.5. The Hall–Kier alpha value is -4.88. The molecule has 2 aliphatic rings. The van der Waals surface area contributed by atoms with Crippen LogP contribution in [0.2, 0.25) is 0 Å². The van der Waals surface area contributed by atoms with Gasteiger partial charge in [0.25, 0.3) is 0 Å². The lowest BCUT2D eigenvalue weighted by Gasteiger charge is -2.33. The molecule has 0 aromatic heterocycles. The highest BCUT2D eigenvalue weighted by atomic mass is 16.5. The summed E-state index contributed by atoms with van der Waals surface area (Å²) in [5.41, 5.74) is 9.97. The van der Waals surface area contributed by atoms with Crippen molar-refractivity contribution in [2.45, 2.75) is 146 Å². The van der Waals surface area contributed by atoms with Gasteiger partial charge in [-0.25, -0.2) is 0 Å². The van der Waals surface area contributed by atoms with Gasteiger partial charge in [0.1, 0.15) is 6.04 Å². The van der Waals surface area contributed by atoms with E-state index in [-0.39, 0.29) is 54.0 Å². The van der Waals surface area contributed by atoms with Gasteiger partial charge in [-0.05, 0) is 139 Å². The number of ether oxygens (including phenoxy) is 4. The second-order valence-electron chi connectivity index (χ2n) is 20.1. The number of hydrogen-bond acceptors (Lipinski definition) is 8. The lowest BCUT2D eigenvalue weighted by atomic mass is 9.72. The maximum atomic E-state index is 13.4. The Kier molecular flexibility index (Phi) is 30.9. The molecule has 0 fully saturated rings. The molecule has 0 radical (unpaired) electrons. The van der Waals surface area contributed by atoms with Crippen LogP contribution in [-0.2, 0) is 38.1 Å². The summed E-state index contributed by atoms with van der Waals surface area (Å²) in [6.07, 6.45) is 32.7. The van der Waals surface area contributed by atoms with E-state index in [1.54, 1.807) is 6.08 Å². The minimum Gasteiger partial charge on any atom is -0.379 e. The van der Waals surface area contributed by atoms with Gasteiger partial charge in [-0.2, -0.15) is 0 Å². The van der Waals surface area contributed by atoms with Crippen molar-refractivity contribution in [3.05, 3.63) is 117 Å². The Morgan fingerprint density at radius 1 is 0.577 bits per heavy atom. The molecule has 0 saturated heterocycles. The third-order valence-corrected chi connectivity index (χ3v) is 12.7. The van der Waals surface area contributed by atoms with Crippen molar-refractivity contribution in [1.82, 2.24) is 21.3 Å². The van der Waals surface area contributed by atoms with Crippen molar-refractivity contribution >= 4 is 23.6 Å². The van der Waals surface area contributed by atoms with Crippen LogP contribution >= 0.6 is 0 Å². The van der Waals surface area contributed by atoms with E-state index >= 15 is 0 Å². The van der Waals surface area contributed by atoms with E-state index in [4.69, 9.17) is 18.9 Å². The third kappa shape index (κ3) is 28.1. The summed E-state index contributed by atoms with van der Waals surface area (Å²) < 4.78 is 21.8. The zero-order valence-electron chi connectivity index (χ0n) is 45.6. The van der Waals surface area contributed by atoms with Gasteiger partial charge >= 0.3 is 0 Å². The molecule has 0 unspecified atom stereocenters. The van der Waals surface area contributed by atoms with Gasteiger partial charge in [0.2, 0.25) is 23.6 Å². The molecule has 0 saturated carbocycles. The Morgan fingerprint density at radius 2 is 1.07 bits per heavy atom. The zero-order valence-corrected chi connectivity index (χ0v) is 45.6. The first kappa shape index (κ1) is 62.2. The first-order chi connectivity index (χ1) is 33.8. The van der Waals surface area contributed by atoms with E-state index in [0.29, 0.717) is 78.6 Å². The summed E-state index contributed by atoms with van der Waals surface area (Å²) in [4.78, 5) is 51.3. The van der Waals surface area contributed by atoms with E-state index in [9.17, 15) is 19.2 Å². The molecular weight excluding hydrogens is 893 g/mol. The highest BCUT2D eigenvalue weighted by Crippen LogP contribution is 2.41. The maximum absolute atomic E-state index is 13.4. The average molecular weight is 985 g/mol. The summed E-state index contributed by atoms with van der Waals surface area (Å²) in [5.74, 6) is -0.970. The van der Waals surface area contributed by atoms with Crippen LogP contribution < -0.4 is 21.3 Å². The number of rotatable bonds is 33. The van der Waals surface area contributed by atoms with Crippen molar-refractivity contribution in [3.8, 4) is 0 Å². The van der Waals surface area contributed by atoms with Gasteiger partial charge < -0.3 is 40.2 Å². The van der Waals surface area contributed by atoms with Crippen LogP contribution in [0.4, 0.5) is 0 Å². The van der Waals surface area contributed by atoms with Crippen molar-refractivity contribution in [2.75, 3.05) is 72.5 Å². The predicted octanol–water partition coefficient (Wildman–Crippen LogP) is 10.5. The first-order valence-corrected chi connectivity index (χ1v) is 26.1. The second kappa shape index (κ2) is 35.3. The Bertz CT molecular complexity index is 2010. The van der Waals surface area contributed by atoms with E-state index in [0.717, 1.165) is 35.1 Å². The topological polar surface area (TPSA) is 153 Å². The molecule has 71 heavy (non-hydrogen) atoms. The van der Waals surface area contributed by atoms with Gasteiger partial charge in [-0.3, -0.25) is 19.2 Å². The SMILES string of the molecule is CCOCCOCCC(=O)NCCOCCOCCNC(=O)[C@@H](CCCCNC(=O)/C=C(C)/C=C/C=C(C)/C=C/C1=C(C)CCCC1(C)C)NC(=O)/C=C(C)/C=C/C=C(C)/C=C/C1=C(C)CCCC1(C)C. The summed E-state index contributed by atoms with van der Waals surface area (Å²) >= 11 is 0. The number of carbonyl (C=O) groups excluding carboxylic acids is 4. The van der Waals surface area contributed by atoms with Crippen molar-refractivity contribution < 1.29 is 38.1 Å². The molecule has 1 atom stereocenters. The summed E-state index contributed by atoms with van der Waals surface area (Å²) in [6, 6.07) is -0.783. The number of unbranched alkanes of at least 4 members (excludes halogenated alkanes) is 1. The Morgan fingerprint density at radius 3 is 1.59 bits per heavy atom. The fourth-order valence-corrected chi connectivity index (χ4v) is 8.56. The van der Waals surface area contributed by atoms with E-state index < -0.39 is 6.04 Å². The lowest BCUT2D eigenvalue weighted by molar-refractivity contribution is -0.127. The molecule has 0 spiro atoms. The molecular formula is C59H92N4O8. The molecule has 12 nitrogen and oxygen atoms in total. The molecule has 2 aliphatic carbocycles. The predicted molar refractivity (Wildman–Crippen MR) is 291 cm³/mol.